The molecule has 0 atom stereocenters. The third kappa shape index (κ3) is 2.53. The van der Waals surface area contributed by atoms with E-state index < -0.39 is 0 Å². The highest BCUT2D eigenvalue weighted by molar-refractivity contribution is 6.03. The standard InChI is InChI=1S/C14H11N3O/c1-10-4-2-3-5-12(10)17-14(18)13-7-6-11(8-15)9-16-13/h2-7,9H,1H3,(H,17,18). The van der Waals surface area contributed by atoms with E-state index in [4.69, 9.17) is 5.26 Å². The molecule has 2 rings (SSSR count). The van der Waals surface area contributed by atoms with Crippen molar-refractivity contribution in [3.63, 3.8) is 0 Å². The van der Waals surface area contributed by atoms with E-state index in [1.807, 2.05) is 37.3 Å². The van der Waals surface area contributed by atoms with Gasteiger partial charge < -0.3 is 5.32 Å². The van der Waals surface area contributed by atoms with Gasteiger partial charge in [0.05, 0.1) is 5.56 Å². The molecule has 4 nitrogen and oxygen atoms in total. The molecule has 4 heteroatoms. The lowest BCUT2D eigenvalue weighted by Gasteiger charge is -2.07. The predicted molar refractivity (Wildman–Crippen MR) is 68.1 cm³/mol. The summed E-state index contributed by atoms with van der Waals surface area (Å²) in [5.41, 5.74) is 2.47. The van der Waals surface area contributed by atoms with Crippen molar-refractivity contribution in [1.29, 1.82) is 5.26 Å². The van der Waals surface area contributed by atoms with Gasteiger partial charge in [-0.05, 0) is 30.7 Å². The number of nitrogens with one attached hydrogen (secondary N) is 1. The fourth-order valence-electron chi connectivity index (χ4n) is 1.49. The Hall–Kier alpha value is -2.67. The van der Waals surface area contributed by atoms with Gasteiger partial charge in [-0.2, -0.15) is 5.26 Å². The number of anilines is 1. The number of carbonyl (C=O) groups excluding carboxylic acids is 1. The van der Waals surface area contributed by atoms with E-state index in [1.54, 1.807) is 6.07 Å². The van der Waals surface area contributed by atoms with Gasteiger partial charge in [-0.3, -0.25) is 4.79 Å². The normalized spacial score (nSPS) is 9.56. The summed E-state index contributed by atoms with van der Waals surface area (Å²) in [5, 5.41) is 11.4. The molecular formula is C14H11N3O. The van der Waals surface area contributed by atoms with Crippen molar-refractivity contribution in [2.24, 2.45) is 0 Å². The van der Waals surface area contributed by atoms with Crippen LogP contribution in [-0.4, -0.2) is 10.9 Å². The van der Waals surface area contributed by atoms with Crippen molar-refractivity contribution < 1.29 is 4.79 Å². The Kier molecular flexibility index (Phi) is 3.35. The van der Waals surface area contributed by atoms with Crippen molar-refractivity contribution >= 4 is 11.6 Å². The number of aromatic nitrogens is 1. The molecule has 0 aliphatic carbocycles. The summed E-state index contributed by atoms with van der Waals surface area (Å²) in [6, 6.07) is 12.6. The number of rotatable bonds is 2. The topological polar surface area (TPSA) is 65.8 Å². The smallest absolute Gasteiger partial charge is 0.274 e. The van der Waals surface area contributed by atoms with Gasteiger partial charge in [0.15, 0.2) is 0 Å². The van der Waals surface area contributed by atoms with Crippen molar-refractivity contribution in [2.45, 2.75) is 6.92 Å². The highest BCUT2D eigenvalue weighted by Crippen LogP contribution is 2.14. The van der Waals surface area contributed by atoms with Crippen molar-refractivity contribution in [3.05, 3.63) is 59.4 Å². The van der Waals surface area contributed by atoms with Crippen LogP contribution < -0.4 is 5.32 Å². The maximum atomic E-state index is 11.9. The number of nitrogens with zero attached hydrogens (tertiary/aromatic N) is 2. The first-order valence-corrected chi connectivity index (χ1v) is 5.44. The molecule has 0 unspecified atom stereocenters. The van der Waals surface area contributed by atoms with Crippen LogP contribution in [0, 0.1) is 18.3 Å². The third-order valence-electron chi connectivity index (χ3n) is 2.52. The van der Waals surface area contributed by atoms with Crippen molar-refractivity contribution in [2.75, 3.05) is 5.32 Å². The molecule has 88 valence electrons. The number of nitriles is 1. The summed E-state index contributed by atoms with van der Waals surface area (Å²) in [7, 11) is 0. The Morgan fingerprint density at radius 1 is 1.28 bits per heavy atom. The number of para-hydroxylation sites is 1. The Morgan fingerprint density at radius 3 is 2.67 bits per heavy atom. The molecule has 0 aliphatic heterocycles. The van der Waals surface area contributed by atoms with E-state index in [9.17, 15) is 4.79 Å². The van der Waals surface area contributed by atoms with Crippen LogP contribution in [0.3, 0.4) is 0 Å². The first-order chi connectivity index (χ1) is 8.70. The van der Waals surface area contributed by atoms with Gasteiger partial charge in [0.2, 0.25) is 0 Å². The fourth-order valence-corrected chi connectivity index (χ4v) is 1.49. The molecule has 1 N–H and O–H groups in total. The summed E-state index contributed by atoms with van der Waals surface area (Å²) in [4.78, 5) is 15.9. The first kappa shape index (κ1) is 11.8. The highest BCUT2D eigenvalue weighted by atomic mass is 16.1. The maximum Gasteiger partial charge on any atom is 0.274 e. The molecule has 0 fully saturated rings. The number of pyridine rings is 1. The lowest BCUT2D eigenvalue weighted by Crippen LogP contribution is -2.14. The molecule has 1 heterocycles. The monoisotopic (exact) mass is 237 g/mol. The van der Waals surface area contributed by atoms with Crippen LogP contribution in [0.1, 0.15) is 21.6 Å². The lowest BCUT2D eigenvalue weighted by molar-refractivity contribution is 0.102. The Morgan fingerprint density at radius 2 is 2.06 bits per heavy atom. The molecule has 1 aromatic carbocycles. The summed E-state index contributed by atoms with van der Waals surface area (Å²) < 4.78 is 0. The molecule has 0 saturated carbocycles. The van der Waals surface area contributed by atoms with Crippen LogP contribution in [-0.2, 0) is 0 Å². The Balaban J connectivity index is 2.17. The van der Waals surface area contributed by atoms with Crippen LogP contribution in [0.25, 0.3) is 0 Å². The van der Waals surface area contributed by atoms with E-state index in [2.05, 4.69) is 10.3 Å². The quantitative estimate of drug-likeness (QED) is 0.872. The number of aryl methyl sites for hydroxylation is 1. The zero-order chi connectivity index (χ0) is 13.0. The van der Waals surface area contributed by atoms with E-state index >= 15 is 0 Å². The maximum absolute atomic E-state index is 11.9. The Labute approximate surface area is 105 Å². The second kappa shape index (κ2) is 5.11. The molecular weight excluding hydrogens is 226 g/mol. The van der Waals surface area contributed by atoms with Gasteiger partial charge in [-0.1, -0.05) is 18.2 Å². The SMILES string of the molecule is Cc1ccccc1NC(=O)c1ccc(C#N)cn1. The summed E-state index contributed by atoms with van der Waals surface area (Å²) >= 11 is 0. The zero-order valence-corrected chi connectivity index (χ0v) is 9.84. The fraction of sp³-hybridized carbons (Fsp3) is 0.0714. The van der Waals surface area contributed by atoms with Crippen LogP contribution in [0.4, 0.5) is 5.69 Å². The highest BCUT2D eigenvalue weighted by Gasteiger charge is 2.08. The van der Waals surface area contributed by atoms with Crippen LogP contribution in [0.2, 0.25) is 0 Å². The van der Waals surface area contributed by atoms with Crippen molar-refractivity contribution in [1.82, 2.24) is 4.98 Å². The third-order valence-corrected chi connectivity index (χ3v) is 2.52. The molecule has 1 aromatic heterocycles. The average molecular weight is 237 g/mol. The summed E-state index contributed by atoms with van der Waals surface area (Å²) in [6.45, 7) is 1.92. The van der Waals surface area contributed by atoms with Crippen LogP contribution in [0.15, 0.2) is 42.6 Å². The number of hydrogen-bond acceptors (Lipinski definition) is 3. The lowest BCUT2D eigenvalue weighted by atomic mass is 10.2. The van der Waals surface area contributed by atoms with Gasteiger partial charge in [0.1, 0.15) is 11.8 Å². The van der Waals surface area contributed by atoms with E-state index in [1.165, 1.54) is 12.3 Å². The minimum atomic E-state index is -0.284. The molecule has 0 saturated heterocycles. The van der Waals surface area contributed by atoms with Crippen molar-refractivity contribution in [3.8, 4) is 6.07 Å². The minimum absolute atomic E-state index is 0.284. The molecule has 0 aliphatic rings. The van der Waals surface area contributed by atoms with Gasteiger partial charge in [-0.15, -0.1) is 0 Å². The van der Waals surface area contributed by atoms with Gasteiger partial charge in [0, 0.05) is 11.9 Å². The molecule has 18 heavy (non-hydrogen) atoms. The predicted octanol–water partition coefficient (Wildman–Crippen LogP) is 2.51. The summed E-state index contributed by atoms with van der Waals surface area (Å²) in [5.74, 6) is -0.284. The van der Waals surface area contributed by atoms with Gasteiger partial charge in [0.25, 0.3) is 5.91 Å². The average Bonchev–Trinajstić information content (AvgIpc) is 2.41. The molecule has 0 spiro atoms. The number of carbonyl (C=O) groups is 1. The van der Waals surface area contributed by atoms with Crippen LogP contribution in [0.5, 0.6) is 0 Å². The second-order valence-electron chi connectivity index (χ2n) is 3.81. The van der Waals surface area contributed by atoms with E-state index in [0.29, 0.717) is 5.56 Å². The zero-order valence-electron chi connectivity index (χ0n) is 9.84. The van der Waals surface area contributed by atoms with Crippen LogP contribution >= 0.6 is 0 Å². The largest absolute Gasteiger partial charge is 0.320 e. The van der Waals surface area contributed by atoms with Gasteiger partial charge >= 0.3 is 0 Å². The first-order valence-electron chi connectivity index (χ1n) is 5.44. The molecule has 0 radical (unpaired) electrons. The minimum Gasteiger partial charge on any atom is -0.320 e. The number of amides is 1. The summed E-state index contributed by atoms with van der Waals surface area (Å²) in [6.07, 6.45) is 1.38. The van der Waals surface area contributed by atoms with E-state index in [0.717, 1.165) is 11.3 Å². The molecule has 1 amide bonds. The van der Waals surface area contributed by atoms with Gasteiger partial charge in [-0.25, -0.2) is 4.98 Å². The molecule has 0 bridgehead atoms. The second-order valence-corrected chi connectivity index (χ2v) is 3.81. The Bertz CT molecular complexity index is 612. The number of hydrogen-bond donors (Lipinski definition) is 1. The number of benzene rings is 1. The van der Waals surface area contributed by atoms with E-state index in [-0.39, 0.29) is 11.6 Å². The molecule has 2 aromatic rings.